The van der Waals surface area contributed by atoms with E-state index >= 15 is 0 Å². The molecule has 2 saturated carbocycles. The topological polar surface area (TPSA) is 194 Å². The average molecular weight is 674 g/mol. The summed E-state index contributed by atoms with van der Waals surface area (Å²) in [4.78, 5) is 82.5. The maximum atomic E-state index is 14.7. The van der Waals surface area contributed by atoms with Crippen molar-refractivity contribution in [3.8, 4) is 0 Å². The van der Waals surface area contributed by atoms with E-state index in [-0.39, 0.29) is 17.6 Å². The van der Waals surface area contributed by atoms with E-state index in [9.17, 15) is 33.9 Å². The zero-order chi connectivity index (χ0) is 35.9. The predicted octanol–water partition coefficient (Wildman–Crippen LogP) is 2.29. The van der Waals surface area contributed by atoms with E-state index in [0.29, 0.717) is 0 Å². The molecule has 1 aromatic heterocycles. The number of aliphatic hydroxyl groups excluding tert-OH is 1. The van der Waals surface area contributed by atoms with Crippen molar-refractivity contribution < 1.29 is 62.3 Å². The molecule has 262 valence electrons. The summed E-state index contributed by atoms with van der Waals surface area (Å²) in [5.41, 5.74) is -3.46. The number of nitrogens with zero attached hydrogens (tertiary/aromatic N) is 1. The molecule has 3 fully saturated rings. The Hall–Kier alpha value is -4.17. The van der Waals surface area contributed by atoms with Crippen molar-refractivity contribution in [2.75, 3.05) is 0 Å². The Morgan fingerprint density at radius 3 is 2.08 bits per heavy atom. The highest BCUT2D eigenvalue weighted by Crippen LogP contribution is 2.54. The number of hydrogen-bond donors (Lipinski definition) is 1. The molecule has 4 rings (SSSR count). The van der Waals surface area contributed by atoms with Crippen LogP contribution in [0.1, 0.15) is 72.2 Å². The standard InChI is InChI=1S/C34H43NO13/c1-15-13-34(48-21(7)39)23(25(15)43-18(4)36)26(44-19(5)37)16(2)27(45-20(6)38)24(40)30(47-32(42)22-11-10-12-35-14-22)33(8,9)31-28(46-31)17(3)29(34)41/h10-12,14-15,17,23-28,30-31,40H,2,13H2,1,3-9H3. The molecule has 0 bridgehead atoms. The largest absolute Gasteiger partial charge is 0.462 e. The second-order valence-electron chi connectivity index (χ2n) is 13.5. The third-order valence-corrected chi connectivity index (χ3v) is 9.42. The van der Waals surface area contributed by atoms with Gasteiger partial charge in [-0.3, -0.25) is 29.0 Å². The van der Waals surface area contributed by atoms with E-state index in [1.807, 2.05) is 0 Å². The molecule has 11 atom stereocenters. The van der Waals surface area contributed by atoms with Crippen molar-refractivity contribution in [1.29, 1.82) is 0 Å². The summed E-state index contributed by atoms with van der Waals surface area (Å²) in [6.45, 7) is 15.1. The minimum absolute atomic E-state index is 0.0689. The van der Waals surface area contributed by atoms with Gasteiger partial charge in [-0.05, 0) is 18.1 Å². The van der Waals surface area contributed by atoms with Crippen LogP contribution in [0.25, 0.3) is 0 Å². The summed E-state index contributed by atoms with van der Waals surface area (Å²) in [6.07, 6.45) is -6.85. The highest BCUT2D eigenvalue weighted by Gasteiger charge is 2.69. The number of epoxide rings is 1. The number of carbonyl (C=O) groups is 6. The van der Waals surface area contributed by atoms with Crippen molar-refractivity contribution in [2.24, 2.45) is 23.2 Å². The number of aromatic nitrogens is 1. The molecule has 0 amide bonds. The van der Waals surface area contributed by atoms with Crippen molar-refractivity contribution in [3.05, 3.63) is 42.2 Å². The number of aliphatic hydroxyl groups is 1. The maximum Gasteiger partial charge on any atom is 0.340 e. The summed E-state index contributed by atoms with van der Waals surface area (Å²) in [5, 5.41) is 12.1. The summed E-state index contributed by atoms with van der Waals surface area (Å²) in [6, 6.07) is 2.99. The zero-order valence-corrected chi connectivity index (χ0v) is 28.3. The molecule has 48 heavy (non-hydrogen) atoms. The Kier molecular flexibility index (Phi) is 10.5. The highest BCUT2D eigenvalue weighted by atomic mass is 16.6. The SMILES string of the molecule is C=C1C(OC(C)=O)C(O)C(OC(=O)c2cccnc2)C(C)(C)C2OC2C(C)C(=O)C2(OC(C)=O)CC(C)C(OC(C)=O)C2C1OC(C)=O. The second kappa shape index (κ2) is 13.7. The van der Waals surface area contributed by atoms with Crippen molar-refractivity contribution in [3.63, 3.8) is 0 Å². The van der Waals surface area contributed by atoms with E-state index in [1.54, 1.807) is 27.7 Å². The summed E-state index contributed by atoms with van der Waals surface area (Å²) < 4.78 is 35.0. The fourth-order valence-electron chi connectivity index (χ4n) is 7.38. The minimum atomic E-state index is -2.04. The van der Waals surface area contributed by atoms with E-state index in [2.05, 4.69) is 11.6 Å². The molecule has 0 aromatic carbocycles. The minimum Gasteiger partial charge on any atom is -0.462 e. The van der Waals surface area contributed by atoms with Crippen LogP contribution in [0, 0.1) is 23.2 Å². The van der Waals surface area contributed by atoms with Crippen LogP contribution >= 0.6 is 0 Å². The van der Waals surface area contributed by atoms with Crippen LogP contribution in [0.2, 0.25) is 0 Å². The zero-order valence-electron chi connectivity index (χ0n) is 28.3. The molecule has 2 aliphatic carbocycles. The van der Waals surface area contributed by atoms with Crippen LogP contribution in [0.3, 0.4) is 0 Å². The van der Waals surface area contributed by atoms with E-state index in [1.165, 1.54) is 24.5 Å². The number of ketones is 1. The first-order valence-electron chi connectivity index (χ1n) is 15.7. The van der Waals surface area contributed by atoms with Gasteiger partial charge in [-0.25, -0.2) is 4.79 Å². The Bertz CT molecular complexity index is 1470. The normalized spacial score (nSPS) is 35.8. The number of hydrogen-bond acceptors (Lipinski definition) is 14. The molecule has 2 heterocycles. The van der Waals surface area contributed by atoms with E-state index in [4.69, 9.17) is 28.4 Å². The molecule has 3 aliphatic rings. The van der Waals surface area contributed by atoms with Gasteiger partial charge in [0, 0.05) is 63.4 Å². The number of Topliss-reactive ketones (excluding diaryl/α,β-unsaturated/α-hetero) is 1. The fourth-order valence-corrected chi connectivity index (χ4v) is 7.38. The lowest BCUT2D eigenvalue weighted by molar-refractivity contribution is -0.188. The number of carbonyl (C=O) groups excluding carboxylic acids is 6. The first-order valence-corrected chi connectivity index (χ1v) is 15.7. The van der Waals surface area contributed by atoms with Crippen LogP contribution in [0.4, 0.5) is 0 Å². The lowest BCUT2D eigenvalue weighted by Crippen LogP contribution is -2.60. The molecule has 1 aromatic rings. The molecule has 0 radical (unpaired) electrons. The number of esters is 5. The van der Waals surface area contributed by atoms with Crippen LogP contribution in [0.5, 0.6) is 0 Å². The number of rotatable bonds is 6. The van der Waals surface area contributed by atoms with Gasteiger partial charge >= 0.3 is 29.8 Å². The molecule has 1 N–H and O–H groups in total. The van der Waals surface area contributed by atoms with Crippen molar-refractivity contribution >= 4 is 35.6 Å². The highest BCUT2D eigenvalue weighted by molar-refractivity contribution is 5.93. The number of ether oxygens (including phenoxy) is 6. The van der Waals surface area contributed by atoms with Gasteiger partial charge in [-0.1, -0.05) is 34.3 Å². The molecule has 1 saturated heterocycles. The van der Waals surface area contributed by atoms with Crippen LogP contribution in [0.15, 0.2) is 36.7 Å². The third-order valence-electron chi connectivity index (χ3n) is 9.42. The van der Waals surface area contributed by atoms with Crippen molar-refractivity contribution in [1.82, 2.24) is 4.98 Å². The monoisotopic (exact) mass is 673 g/mol. The van der Waals surface area contributed by atoms with Crippen molar-refractivity contribution in [2.45, 2.75) is 110 Å². The van der Waals surface area contributed by atoms with Gasteiger partial charge in [-0.15, -0.1) is 0 Å². The number of fused-ring (bicyclic) bond motifs is 2. The van der Waals surface area contributed by atoms with Crippen LogP contribution in [-0.4, -0.2) is 94.0 Å². The molecule has 11 unspecified atom stereocenters. The van der Waals surface area contributed by atoms with Gasteiger partial charge in [-0.2, -0.15) is 0 Å². The fraction of sp³-hybridized carbons (Fsp3) is 0.618. The van der Waals surface area contributed by atoms with Gasteiger partial charge in [0.05, 0.1) is 23.7 Å². The molecule has 14 heteroatoms. The van der Waals surface area contributed by atoms with Gasteiger partial charge in [0.25, 0.3) is 0 Å². The van der Waals surface area contributed by atoms with Gasteiger partial charge in [0.15, 0.2) is 17.5 Å². The quantitative estimate of drug-likeness (QED) is 0.200. The Labute approximate surface area is 278 Å². The van der Waals surface area contributed by atoms with Gasteiger partial charge in [0.1, 0.15) is 24.4 Å². The summed E-state index contributed by atoms with van der Waals surface area (Å²) in [7, 11) is 0. The first-order chi connectivity index (χ1) is 22.3. The maximum absolute atomic E-state index is 14.7. The molecule has 0 spiro atoms. The first kappa shape index (κ1) is 36.7. The van der Waals surface area contributed by atoms with E-state index in [0.717, 1.165) is 27.7 Å². The van der Waals surface area contributed by atoms with Gasteiger partial charge in [0.2, 0.25) is 0 Å². The second-order valence-corrected chi connectivity index (χ2v) is 13.5. The smallest absolute Gasteiger partial charge is 0.340 e. The summed E-state index contributed by atoms with van der Waals surface area (Å²) in [5.74, 6) is -7.73. The lowest BCUT2D eigenvalue weighted by Gasteiger charge is -2.44. The van der Waals surface area contributed by atoms with E-state index < -0.39 is 107 Å². The summed E-state index contributed by atoms with van der Waals surface area (Å²) >= 11 is 0. The predicted molar refractivity (Wildman–Crippen MR) is 164 cm³/mol. The molecule has 14 nitrogen and oxygen atoms in total. The van der Waals surface area contributed by atoms with Crippen LogP contribution in [-0.2, 0) is 52.4 Å². The third kappa shape index (κ3) is 7.00. The Morgan fingerprint density at radius 2 is 1.54 bits per heavy atom. The molecular formula is C34H43NO13. The lowest BCUT2D eigenvalue weighted by atomic mass is 9.70. The molecular weight excluding hydrogens is 630 g/mol. The average Bonchev–Trinajstić information content (AvgIpc) is 3.76. The van der Waals surface area contributed by atoms with Crippen LogP contribution < -0.4 is 0 Å². The Morgan fingerprint density at radius 1 is 0.938 bits per heavy atom. The van der Waals surface area contributed by atoms with Gasteiger partial charge < -0.3 is 33.5 Å². The Balaban J connectivity index is 1.98. The number of pyridine rings is 1. The molecule has 1 aliphatic heterocycles.